The minimum atomic E-state index is 0.297. The number of carbonyl (C=O) groups is 1. The molecule has 1 aliphatic heterocycles. The number of carbonyl (C=O) groups excluding carboxylic acids is 1. The number of amides is 1. The molecule has 1 saturated heterocycles. The van der Waals surface area contributed by atoms with Crippen molar-refractivity contribution < 1.29 is 14.3 Å². The van der Waals surface area contributed by atoms with Gasteiger partial charge in [-0.1, -0.05) is 13.0 Å². The molecule has 30 heavy (non-hydrogen) atoms. The number of hydrogen-bond donors (Lipinski definition) is 2. The second-order valence-electron chi connectivity index (χ2n) is 7.36. The van der Waals surface area contributed by atoms with Gasteiger partial charge in [-0.3, -0.25) is 9.79 Å². The van der Waals surface area contributed by atoms with E-state index in [1.54, 1.807) is 7.05 Å². The summed E-state index contributed by atoms with van der Waals surface area (Å²) in [4.78, 5) is 18.3. The lowest BCUT2D eigenvalue weighted by Gasteiger charge is -2.27. The Labute approximate surface area is 181 Å². The van der Waals surface area contributed by atoms with Crippen LogP contribution in [0.4, 0.5) is 0 Å². The van der Waals surface area contributed by atoms with Gasteiger partial charge in [0.15, 0.2) is 17.5 Å². The molecule has 168 valence electrons. The van der Waals surface area contributed by atoms with Crippen LogP contribution in [0.25, 0.3) is 0 Å². The normalized spacial score (nSPS) is 15.3. The molecule has 1 heterocycles. The molecule has 2 rings (SSSR count). The third-order valence-corrected chi connectivity index (χ3v) is 5.33. The van der Waals surface area contributed by atoms with Gasteiger partial charge in [0, 0.05) is 39.1 Å². The van der Waals surface area contributed by atoms with Gasteiger partial charge in [-0.15, -0.1) is 0 Å². The van der Waals surface area contributed by atoms with Crippen molar-refractivity contribution in [3.05, 3.63) is 23.8 Å². The fraction of sp³-hybridized carbons (Fsp3) is 0.652. The molecule has 0 bridgehead atoms. The summed E-state index contributed by atoms with van der Waals surface area (Å²) in [6.45, 7) is 9.78. The first-order valence-electron chi connectivity index (χ1n) is 11.2. The number of guanidine groups is 1. The van der Waals surface area contributed by atoms with Crippen LogP contribution in [0.15, 0.2) is 23.2 Å². The standard InChI is InChI=1S/C23H38N4O3/c1-5-19(27-16-8-9-22(27)28)13-15-26-23(24-4)25-14-12-18-10-11-20(29-6-2)21(17-18)30-7-3/h10-11,17,19H,5-9,12-16H2,1-4H3,(H2,24,25,26). The van der Waals surface area contributed by atoms with E-state index < -0.39 is 0 Å². The SMILES string of the molecule is CCOc1ccc(CCNC(=NC)NCCC(CC)N2CCCC2=O)cc1OCC. The number of nitrogens with one attached hydrogen (secondary N) is 2. The summed E-state index contributed by atoms with van der Waals surface area (Å²) in [5, 5.41) is 6.74. The molecule has 0 saturated carbocycles. The van der Waals surface area contributed by atoms with Crippen LogP contribution < -0.4 is 20.1 Å². The molecule has 0 radical (unpaired) electrons. The van der Waals surface area contributed by atoms with Crippen LogP contribution in [0.3, 0.4) is 0 Å². The van der Waals surface area contributed by atoms with Gasteiger partial charge in [0.25, 0.3) is 0 Å². The highest BCUT2D eigenvalue weighted by atomic mass is 16.5. The van der Waals surface area contributed by atoms with E-state index in [2.05, 4.69) is 28.6 Å². The van der Waals surface area contributed by atoms with Gasteiger partial charge < -0.3 is 25.0 Å². The van der Waals surface area contributed by atoms with Crippen LogP contribution in [0.1, 0.15) is 52.0 Å². The van der Waals surface area contributed by atoms with Crippen LogP contribution in [0.2, 0.25) is 0 Å². The molecule has 7 nitrogen and oxygen atoms in total. The molecular weight excluding hydrogens is 380 g/mol. The highest BCUT2D eigenvalue weighted by Crippen LogP contribution is 2.28. The molecule has 1 fully saturated rings. The zero-order valence-electron chi connectivity index (χ0n) is 19.0. The monoisotopic (exact) mass is 418 g/mol. The molecule has 1 unspecified atom stereocenters. The Morgan fingerprint density at radius 2 is 1.87 bits per heavy atom. The van der Waals surface area contributed by atoms with E-state index in [1.165, 1.54) is 5.56 Å². The van der Waals surface area contributed by atoms with Gasteiger partial charge in [0.2, 0.25) is 5.91 Å². The summed E-state index contributed by atoms with van der Waals surface area (Å²) in [5.41, 5.74) is 1.18. The van der Waals surface area contributed by atoms with Crippen LogP contribution in [-0.2, 0) is 11.2 Å². The van der Waals surface area contributed by atoms with Crippen molar-refractivity contribution in [2.45, 2.75) is 58.9 Å². The Hall–Kier alpha value is -2.44. The maximum atomic E-state index is 12.0. The van der Waals surface area contributed by atoms with Crippen LogP contribution in [0.5, 0.6) is 11.5 Å². The summed E-state index contributed by atoms with van der Waals surface area (Å²) >= 11 is 0. The fourth-order valence-electron chi connectivity index (χ4n) is 3.79. The van der Waals surface area contributed by atoms with E-state index >= 15 is 0 Å². The lowest BCUT2D eigenvalue weighted by atomic mass is 10.1. The first kappa shape index (κ1) is 23.8. The molecule has 1 amide bonds. The quantitative estimate of drug-likeness (QED) is 0.403. The lowest BCUT2D eigenvalue weighted by Crippen LogP contribution is -2.42. The molecular formula is C23H38N4O3. The average Bonchev–Trinajstić information content (AvgIpc) is 3.17. The second kappa shape index (κ2) is 13.0. The Morgan fingerprint density at radius 1 is 1.13 bits per heavy atom. The number of ether oxygens (including phenoxy) is 2. The van der Waals surface area contributed by atoms with Crippen LogP contribution in [-0.4, -0.2) is 62.7 Å². The number of hydrogen-bond acceptors (Lipinski definition) is 4. The Balaban J connectivity index is 1.77. The molecule has 1 atom stereocenters. The summed E-state index contributed by atoms with van der Waals surface area (Å²) in [6.07, 6.45) is 4.46. The summed E-state index contributed by atoms with van der Waals surface area (Å²) in [7, 11) is 1.78. The van der Waals surface area contributed by atoms with Gasteiger partial charge in [0.05, 0.1) is 13.2 Å². The molecule has 2 N–H and O–H groups in total. The highest BCUT2D eigenvalue weighted by molar-refractivity contribution is 5.79. The number of likely N-dealkylation sites (tertiary alicyclic amines) is 1. The first-order valence-corrected chi connectivity index (χ1v) is 11.2. The summed E-state index contributed by atoms with van der Waals surface area (Å²) < 4.78 is 11.3. The van der Waals surface area contributed by atoms with E-state index in [0.717, 1.165) is 62.8 Å². The zero-order valence-corrected chi connectivity index (χ0v) is 19.0. The van der Waals surface area contributed by atoms with Crippen LogP contribution >= 0.6 is 0 Å². The maximum Gasteiger partial charge on any atom is 0.222 e. The number of aliphatic imine (C=N–C) groups is 1. The summed E-state index contributed by atoms with van der Waals surface area (Å²) in [5.74, 6) is 2.66. The van der Waals surface area contributed by atoms with Gasteiger partial charge in [-0.25, -0.2) is 0 Å². The van der Waals surface area contributed by atoms with E-state index in [1.807, 2.05) is 30.9 Å². The topological polar surface area (TPSA) is 75.2 Å². The van der Waals surface area contributed by atoms with Crippen molar-refractivity contribution in [1.29, 1.82) is 0 Å². The average molecular weight is 419 g/mol. The van der Waals surface area contributed by atoms with Crippen molar-refractivity contribution in [3.8, 4) is 11.5 Å². The zero-order chi connectivity index (χ0) is 21.8. The molecule has 0 aliphatic carbocycles. The smallest absolute Gasteiger partial charge is 0.222 e. The molecule has 7 heteroatoms. The van der Waals surface area contributed by atoms with Crippen molar-refractivity contribution in [2.24, 2.45) is 4.99 Å². The lowest BCUT2D eigenvalue weighted by molar-refractivity contribution is -0.129. The van der Waals surface area contributed by atoms with E-state index in [4.69, 9.17) is 9.47 Å². The van der Waals surface area contributed by atoms with Gasteiger partial charge in [0.1, 0.15) is 0 Å². The largest absolute Gasteiger partial charge is 0.490 e. The third-order valence-electron chi connectivity index (χ3n) is 5.33. The second-order valence-corrected chi connectivity index (χ2v) is 7.36. The minimum Gasteiger partial charge on any atom is -0.490 e. The predicted octanol–water partition coefficient (Wildman–Crippen LogP) is 2.98. The van der Waals surface area contributed by atoms with E-state index in [0.29, 0.717) is 31.6 Å². The molecule has 1 aromatic carbocycles. The van der Waals surface area contributed by atoms with E-state index in [9.17, 15) is 4.79 Å². The number of rotatable bonds is 12. The van der Waals surface area contributed by atoms with Gasteiger partial charge in [-0.2, -0.15) is 0 Å². The number of nitrogens with zero attached hydrogens (tertiary/aromatic N) is 2. The minimum absolute atomic E-state index is 0.297. The van der Waals surface area contributed by atoms with Crippen LogP contribution in [0, 0.1) is 0 Å². The van der Waals surface area contributed by atoms with Crippen molar-refractivity contribution in [3.63, 3.8) is 0 Å². The van der Waals surface area contributed by atoms with Gasteiger partial charge >= 0.3 is 0 Å². The fourth-order valence-corrected chi connectivity index (χ4v) is 3.79. The Kier molecular flexibility index (Phi) is 10.3. The predicted molar refractivity (Wildman–Crippen MR) is 121 cm³/mol. The third kappa shape index (κ3) is 7.11. The van der Waals surface area contributed by atoms with E-state index in [-0.39, 0.29) is 0 Å². The summed E-state index contributed by atoms with van der Waals surface area (Å²) in [6, 6.07) is 6.41. The Morgan fingerprint density at radius 3 is 2.50 bits per heavy atom. The highest BCUT2D eigenvalue weighted by Gasteiger charge is 2.26. The molecule has 0 spiro atoms. The molecule has 0 aromatic heterocycles. The number of benzene rings is 1. The Bertz CT molecular complexity index is 693. The molecule has 1 aromatic rings. The first-order chi connectivity index (χ1) is 14.6. The van der Waals surface area contributed by atoms with Crippen molar-refractivity contribution in [1.82, 2.24) is 15.5 Å². The van der Waals surface area contributed by atoms with Gasteiger partial charge in [-0.05, 0) is 57.2 Å². The van der Waals surface area contributed by atoms with Crippen molar-refractivity contribution >= 4 is 11.9 Å². The molecule has 1 aliphatic rings. The maximum absolute atomic E-state index is 12.0. The van der Waals surface area contributed by atoms with Crippen molar-refractivity contribution in [2.75, 3.05) is 39.9 Å².